The highest BCUT2D eigenvalue weighted by molar-refractivity contribution is 7.45. The van der Waals surface area contributed by atoms with Gasteiger partial charge in [-0.15, -0.1) is 0 Å². The molecule has 1 amide bonds. The third-order valence-electron chi connectivity index (χ3n) is 15.8. The van der Waals surface area contributed by atoms with E-state index in [1.165, 1.54) is 295 Å². The van der Waals surface area contributed by atoms with Crippen molar-refractivity contribution in [3.05, 3.63) is 0 Å². The SMILES string of the molecule is CCCCCCCCCCCCCCCCCCCCCCCCCCCCCCCCCCCCCC(=O)NC(COP(=O)([O-])OCC[N+](C)(C)C)C(O)CCCCCCCCCCCCCCCCCCC. The summed E-state index contributed by atoms with van der Waals surface area (Å²) >= 11 is 0. The Bertz CT molecular complexity index is 1170. The Labute approximate surface area is 463 Å². The van der Waals surface area contributed by atoms with E-state index in [-0.39, 0.29) is 19.1 Å². The Hall–Kier alpha value is -0.500. The van der Waals surface area contributed by atoms with Crippen LogP contribution < -0.4 is 10.2 Å². The van der Waals surface area contributed by atoms with Crippen molar-refractivity contribution in [3.8, 4) is 0 Å². The summed E-state index contributed by atoms with van der Waals surface area (Å²) in [5, 5.41) is 14.1. The topological polar surface area (TPSA) is 108 Å². The average Bonchev–Trinajstić information content (AvgIpc) is 3.36. The van der Waals surface area contributed by atoms with Gasteiger partial charge in [-0.3, -0.25) is 9.36 Å². The van der Waals surface area contributed by atoms with Crippen molar-refractivity contribution in [3.63, 3.8) is 0 Å². The van der Waals surface area contributed by atoms with Crippen LogP contribution in [0.2, 0.25) is 0 Å². The maximum Gasteiger partial charge on any atom is 0.268 e. The number of rotatable bonds is 63. The lowest BCUT2D eigenvalue weighted by atomic mass is 10.0. The first kappa shape index (κ1) is 73.5. The van der Waals surface area contributed by atoms with E-state index in [0.717, 1.165) is 38.5 Å². The molecule has 2 N–H and O–H groups in total. The van der Waals surface area contributed by atoms with Crippen molar-refractivity contribution in [1.82, 2.24) is 5.32 Å². The molecule has 444 valence electrons. The third-order valence-corrected chi connectivity index (χ3v) is 16.8. The number of aliphatic hydroxyl groups excluding tert-OH is 1. The molecule has 0 aliphatic carbocycles. The first-order valence-corrected chi connectivity index (χ1v) is 34.8. The Morgan fingerprint density at radius 3 is 0.919 bits per heavy atom. The van der Waals surface area contributed by atoms with Gasteiger partial charge < -0.3 is 28.8 Å². The summed E-state index contributed by atoms with van der Waals surface area (Å²) < 4.78 is 23.5. The van der Waals surface area contributed by atoms with E-state index in [2.05, 4.69) is 19.2 Å². The zero-order valence-corrected chi connectivity index (χ0v) is 51.7. The van der Waals surface area contributed by atoms with Gasteiger partial charge in [-0.05, 0) is 12.8 Å². The van der Waals surface area contributed by atoms with Gasteiger partial charge in [0.25, 0.3) is 7.82 Å². The highest BCUT2D eigenvalue weighted by atomic mass is 31.2. The van der Waals surface area contributed by atoms with Gasteiger partial charge in [0.1, 0.15) is 13.2 Å². The molecule has 0 aliphatic rings. The molecule has 0 aromatic carbocycles. The molecule has 0 aromatic rings. The fraction of sp³-hybridized carbons (Fsp3) is 0.985. The second-order valence-corrected chi connectivity index (χ2v) is 26.0. The maximum atomic E-state index is 13.0. The fourth-order valence-electron chi connectivity index (χ4n) is 10.6. The van der Waals surface area contributed by atoms with Crippen LogP contribution in [0.4, 0.5) is 0 Å². The van der Waals surface area contributed by atoms with E-state index in [9.17, 15) is 19.4 Å². The zero-order valence-electron chi connectivity index (χ0n) is 50.8. The number of phosphoric acid groups is 1. The van der Waals surface area contributed by atoms with Gasteiger partial charge >= 0.3 is 0 Å². The van der Waals surface area contributed by atoms with E-state index in [1.807, 2.05) is 21.1 Å². The molecule has 0 aromatic heterocycles. The van der Waals surface area contributed by atoms with Gasteiger partial charge in [-0.2, -0.15) is 0 Å². The van der Waals surface area contributed by atoms with Crippen LogP contribution in [0.5, 0.6) is 0 Å². The minimum atomic E-state index is -4.57. The molecule has 0 fully saturated rings. The van der Waals surface area contributed by atoms with Crippen molar-refractivity contribution in [1.29, 1.82) is 0 Å². The number of likely N-dealkylation sites (N-methyl/N-ethyl adjacent to an activating group) is 1. The van der Waals surface area contributed by atoms with Crippen molar-refractivity contribution < 1.29 is 32.9 Å². The second-order valence-electron chi connectivity index (χ2n) is 24.5. The van der Waals surface area contributed by atoms with Crippen molar-refractivity contribution in [2.75, 3.05) is 40.9 Å². The van der Waals surface area contributed by atoms with E-state index in [1.54, 1.807) is 0 Å². The highest BCUT2D eigenvalue weighted by Crippen LogP contribution is 2.38. The molecular weight excluding hydrogens is 936 g/mol. The van der Waals surface area contributed by atoms with Crippen LogP contribution in [0.3, 0.4) is 0 Å². The Kier molecular flexibility index (Phi) is 56.8. The summed E-state index contributed by atoms with van der Waals surface area (Å²) in [6.07, 6.45) is 70.4. The minimum Gasteiger partial charge on any atom is -0.756 e. The molecule has 0 spiro atoms. The van der Waals surface area contributed by atoms with Crippen molar-refractivity contribution in [2.45, 2.75) is 373 Å². The molecule has 0 aliphatic heterocycles. The van der Waals surface area contributed by atoms with Crippen LogP contribution >= 0.6 is 7.82 Å². The van der Waals surface area contributed by atoms with Gasteiger partial charge in [-0.25, -0.2) is 0 Å². The molecule has 0 radical (unpaired) electrons. The lowest BCUT2D eigenvalue weighted by Crippen LogP contribution is -2.46. The second kappa shape index (κ2) is 57.2. The largest absolute Gasteiger partial charge is 0.756 e. The Morgan fingerprint density at radius 2 is 0.662 bits per heavy atom. The summed E-state index contributed by atoms with van der Waals surface area (Å²) in [4.78, 5) is 25.6. The number of carbonyl (C=O) groups is 1. The van der Waals surface area contributed by atoms with Gasteiger partial charge in [0, 0.05) is 6.42 Å². The monoisotopic (exact) mass is 1070 g/mol. The van der Waals surface area contributed by atoms with Crippen molar-refractivity contribution >= 4 is 13.7 Å². The quantitative estimate of drug-likeness (QED) is 0.0357. The molecular formula is C65H133N2O6P. The highest BCUT2D eigenvalue weighted by Gasteiger charge is 2.24. The lowest BCUT2D eigenvalue weighted by molar-refractivity contribution is -0.870. The van der Waals surface area contributed by atoms with Gasteiger partial charge in [0.15, 0.2) is 0 Å². The van der Waals surface area contributed by atoms with E-state index < -0.39 is 20.0 Å². The van der Waals surface area contributed by atoms with Crippen LogP contribution in [0.25, 0.3) is 0 Å². The molecule has 0 bridgehead atoms. The molecule has 9 heteroatoms. The predicted molar refractivity (Wildman–Crippen MR) is 321 cm³/mol. The van der Waals surface area contributed by atoms with Crippen LogP contribution in [-0.2, 0) is 18.4 Å². The first-order valence-electron chi connectivity index (χ1n) is 33.4. The molecule has 0 heterocycles. The summed E-state index contributed by atoms with van der Waals surface area (Å²) in [7, 11) is 1.33. The summed E-state index contributed by atoms with van der Waals surface area (Å²) in [6.45, 7) is 4.79. The average molecular weight is 1070 g/mol. The van der Waals surface area contributed by atoms with Crippen LogP contribution in [-0.4, -0.2) is 68.5 Å². The fourth-order valence-corrected chi connectivity index (χ4v) is 11.4. The summed E-state index contributed by atoms with van der Waals surface area (Å²) in [6, 6.07) is -0.796. The normalized spacial score (nSPS) is 13.7. The van der Waals surface area contributed by atoms with Crippen LogP contribution in [0.15, 0.2) is 0 Å². The number of carbonyl (C=O) groups excluding carboxylic acids is 1. The van der Waals surface area contributed by atoms with Gasteiger partial charge in [0.05, 0.1) is 39.9 Å². The summed E-state index contributed by atoms with van der Waals surface area (Å²) in [5.41, 5.74) is 0. The molecule has 3 unspecified atom stereocenters. The number of nitrogens with one attached hydrogen (secondary N) is 1. The number of nitrogens with zero attached hydrogens (tertiary/aromatic N) is 1. The zero-order chi connectivity index (χ0) is 54.2. The standard InChI is InChI=1S/C65H133N2O6P/c1-6-8-10-12-14-16-18-20-22-24-25-26-27-28-29-30-31-32-33-34-35-36-37-38-39-40-41-43-45-47-49-51-53-55-57-59-65(69)66-63(62-73-74(70,71)72-61-60-67(3,4)5)64(68)58-56-54-52-50-48-46-44-42-23-21-19-17-15-13-11-9-7-2/h63-64,68H,6-62H2,1-5H3,(H-,66,69,70,71). The molecule has 0 saturated carbocycles. The van der Waals surface area contributed by atoms with Gasteiger partial charge in [0.2, 0.25) is 5.91 Å². The minimum absolute atomic E-state index is 0.0167. The number of hydrogen-bond donors (Lipinski definition) is 2. The summed E-state index contributed by atoms with van der Waals surface area (Å²) in [5.74, 6) is -0.155. The lowest BCUT2D eigenvalue weighted by Gasteiger charge is -2.30. The van der Waals surface area contributed by atoms with Gasteiger partial charge in [-0.1, -0.05) is 341 Å². The van der Waals surface area contributed by atoms with E-state index >= 15 is 0 Å². The smallest absolute Gasteiger partial charge is 0.268 e. The number of phosphoric ester groups is 1. The third kappa shape index (κ3) is 59.2. The first-order chi connectivity index (χ1) is 36.0. The number of amides is 1. The van der Waals surface area contributed by atoms with E-state index in [0.29, 0.717) is 23.9 Å². The molecule has 0 saturated heterocycles. The Balaban J connectivity index is 3.90. The number of quaternary nitrogens is 1. The van der Waals surface area contributed by atoms with E-state index in [4.69, 9.17) is 9.05 Å². The van der Waals surface area contributed by atoms with Crippen LogP contribution in [0.1, 0.15) is 361 Å². The van der Waals surface area contributed by atoms with Crippen LogP contribution in [0, 0.1) is 0 Å². The molecule has 0 rings (SSSR count). The Morgan fingerprint density at radius 1 is 0.419 bits per heavy atom. The molecule has 74 heavy (non-hydrogen) atoms. The maximum absolute atomic E-state index is 13.0. The molecule has 3 atom stereocenters. The number of unbranched alkanes of at least 4 members (excludes halogenated alkanes) is 50. The molecule has 8 nitrogen and oxygen atoms in total. The van der Waals surface area contributed by atoms with Crippen molar-refractivity contribution in [2.24, 2.45) is 0 Å². The predicted octanol–water partition coefficient (Wildman–Crippen LogP) is 20.1. The number of aliphatic hydroxyl groups is 1. The number of hydrogen-bond acceptors (Lipinski definition) is 6.